The molecule has 9 nitrogen and oxygen atoms in total. The lowest BCUT2D eigenvalue weighted by molar-refractivity contribution is 0.0593. The van der Waals surface area contributed by atoms with Gasteiger partial charge in [-0.05, 0) is 30.5 Å². The monoisotopic (exact) mass is 384 g/mol. The van der Waals surface area contributed by atoms with Crippen molar-refractivity contribution in [1.82, 2.24) is 19.5 Å². The van der Waals surface area contributed by atoms with E-state index in [1.165, 1.54) is 7.11 Å². The first-order valence-corrected chi connectivity index (χ1v) is 9.20. The molecule has 1 aromatic carbocycles. The number of aromatic nitrogens is 4. The first-order chi connectivity index (χ1) is 13.6. The Labute approximate surface area is 162 Å². The number of rotatable bonds is 6. The van der Waals surface area contributed by atoms with Gasteiger partial charge in [-0.2, -0.15) is 9.97 Å². The summed E-state index contributed by atoms with van der Waals surface area (Å²) in [5.41, 5.74) is 2.40. The number of hydrogen-bond donors (Lipinski definition) is 2. The zero-order valence-corrected chi connectivity index (χ0v) is 16.2. The third kappa shape index (κ3) is 3.40. The number of nitrogens with one attached hydrogen (secondary N) is 1. The number of aromatic hydroxyl groups is 1. The van der Waals surface area contributed by atoms with E-state index in [0.717, 1.165) is 30.7 Å². The minimum atomic E-state index is -0.0379. The minimum Gasteiger partial charge on any atom is -0.504 e. The Morgan fingerprint density at radius 3 is 2.93 bits per heavy atom. The normalized spacial score (nSPS) is 16.5. The van der Waals surface area contributed by atoms with Crippen LogP contribution in [0.5, 0.6) is 11.5 Å². The predicted molar refractivity (Wildman–Crippen MR) is 106 cm³/mol. The van der Waals surface area contributed by atoms with Crippen molar-refractivity contribution in [2.45, 2.75) is 25.6 Å². The van der Waals surface area contributed by atoms with E-state index in [1.54, 1.807) is 18.5 Å². The fraction of sp³-hybridized carbons (Fsp3) is 0.421. The molecule has 0 amide bonds. The molecule has 1 aliphatic heterocycles. The lowest BCUT2D eigenvalue weighted by atomic mass is 10.2. The fourth-order valence-corrected chi connectivity index (χ4v) is 3.24. The number of benzene rings is 1. The molecular weight excluding hydrogens is 360 g/mol. The number of phenolic OH excluding ortho intramolecular Hbond substituents is 1. The molecule has 0 spiro atoms. The number of methoxy groups -OCH3 is 1. The summed E-state index contributed by atoms with van der Waals surface area (Å²) in [6, 6.07) is 5.24. The number of phenols is 1. The highest BCUT2D eigenvalue weighted by Crippen LogP contribution is 2.30. The smallest absolute Gasteiger partial charge is 0.228 e. The maximum absolute atomic E-state index is 9.77. The van der Waals surface area contributed by atoms with Gasteiger partial charge < -0.3 is 24.8 Å². The molecule has 9 heteroatoms. The van der Waals surface area contributed by atoms with Crippen LogP contribution >= 0.6 is 0 Å². The average molecular weight is 384 g/mol. The molecule has 1 aliphatic rings. The lowest BCUT2D eigenvalue weighted by Crippen LogP contribution is -2.15. The average Bonchev–Trinajstić information content (AvgIpc) is 3.36. The summed E-state index contributed by atoms with van der Waals surface area (Å²) in [4.78, 5) is 15.7. The van der Waals surface area contributed by atoms with Crippen LogP contribution in [0.1, 0.15) is 24.6 Å². The molecule has 0 aliphatic carbocycles. The second kappa shape index (κ2) is 7.51. The second-order valence-corrected chi connectivity index (χ2v) is 6.92. The van der Waals surface area contributed by atoms with E-state index in [4.69, 9.17) is 9.47 Å². The van der Waals surface area contributed by atoms with E-state index < -0.39 is 0 Å². The summed E-state index contributed by atoms with van der Waals surface area (Å²) in [6.07, 6.45) is 3.71. The van der Waals surface area contributed by atoms with Crippen molar-refractivity contribution in [3.8, 4) is 11.5 Å². The van der Waals surface area contributed by atoms with Crippen LogP contribution in [0.3, 0.4) is 0 Å². The third-order valence-electron chi connectivity index (χ3n) is 4.73. The number of imidazole rings is 1. The Bertz CT molecular complexity index is 981. The standard InChI is InChI=1S/C19H24N6O3/c1-24(2)19-22-17(20-10-12-6-7-13(26)14(9-12)27-3)16-18(23-19)25(11-21-16)15-5-4-8-28-15/h6-7,9,11,15,26H,4-5,8,10H2,1-3H3,(H,20,22,23). The van der Waals surface area contributed by atoms with E-state index in [9.17, 15) is 5.11 Å². The SMILES string of the molecule is COc1cc(CNc2nc(N(C)C)nc3c2ncn3C2CCCO2)ccc1O. The molecule has 1 atom stereocenters. The fourth-order valence-electron chi connectivity index (χ4n) is 3.24. The maximum atomic E-state index is 9.77. The van der Waals surface area contributed by atoms with Crippen LogP contribution in [0.15, 0.2) is 24.5 Å². The largest absolute Gasteiger partial charge is 0.504 e. The number of ether oxygens (including phenoxy) is 2. The lowest BCUT2D eigenvalue weighted by Gasteiger charge is -2.16. The van der Waals surface area contributed by atoms with Gasteiger partial charge in [0.1, 0.15) is 6.23 Å². The number of anilines is 2. The van der Waals surface area contributed by atoms with Crippen molar-refractivity contribution < 1.29 is 14.6 Å². The predicted octanol–water partition coefficient (Wildman–Crippen LogP) is 2.53. The van der Waals surface area contributed by atoms with Crippen LogP contribution in [0.2, 0.25) is 0 Å². The zero-order chi connectivity index (χ0) is 19.7. The van der Waals surface area contributed by atoms with Gasteiger partial charge in [-0.1, -0.05) is 6.07 Å². The summed E-state index contributed by atoms with van der Waals surface area (Å²) in [7, 11) is 5.34. The van der Waals surface area contributed by atoms with Crippen LogP contribution in [-0.2, 0) is 11.3 Å². The highest BCUT2D eigenvalue weighted by atomic mass is 16.5. The van der Waals surface area contributed by atoms with Crippen LogP contribution in [-0.4, -0.2) is 52.4 Å². The molecule has 0 radical (unpaired) electrons. The van der Waals surface area contributed by atoms with Gasteiger partial charge in [-0.15, -0.1) is 0 Å². The van der Waals surface area contributed by atoms with E-state index in [0.29, 0.717) is 29.6 Å². The van der Waals surface area contributed by atoms with E-state index in [1.807, 2.05) is 29.6 Å². The van der Waals surface area contributed by atoms with Crippen molar-refractivity contribution in [3.05, 3.63) is 30.1 Å². The molecule has 1 unspecified atom stereocenters. The third-order valence-corrected chi connectivity index (χ3v) is 4.73. The molecule has 4 rings (SSSR count). The summed E-state index contributed by atoms with van der Waals surface area (Å²) in [5.74, 6) is 1.79. The molecule has 0 bridgehead atoms. The molecule has 1 saturated heterocycles. The molecule has 1 fully saturated rings. The summed E-state index contributed by atoms with van der Waals surface area (Å²) < 4.78 is 13.0. The Kier molecular flexibility index (Phi) is 4.91. The van der Waals surface area contributed by atoms with Gasteiger partial charge in [-0.3, -0.25) is 4.57 Å². The number of nitrogens with zero attached hydrogens (tertiary/aromatic N) is 5. The second-order valence-electron chi connectivity index (χ2n) is 6.92. The molecule has 2 N–H and O–H groups in total. The Morgan fingerprint density at radius 2 is 2.21 bits per heavy atom. The first-order valence-electron chi connectivity index (χ1n) is 9.20. The highest BCUT2D eigenvalue weighted by Gasteiger charge is 2.22. The molecule has 3 aromatic rings. The van der Waals surface area contributed by atoms with Crippen molar-refractivity contribution in [2.75, 3.05) is 38.0 Å². The molecule has 148 valence electrons. The number of hydrogen-bond acceptors (Lipinski definition) is 8. The maximum Gasteiger partial charge on any atom is 0.228 e. The molecule has 0 saturated carbocycles. The van der Waals surface area contributed by atoms with Crippen LogP contribution < -0.4 is 15.0 Å². The van der Waals surface area contributed by atoms with E-state index >= 15 is 0 Å². The van der Waals surface area contributed by atoms with E-state index in [-0.39, 0.29) is 12.0 Å². The van der Waals surface area contributed by atoms with Gasteiger partial charge in [0.15, 0.2) is 28.5 Å². The summed E-state index contributed by atoms with van der Waals surface area (Å²) in [6.45, 7) is 1.26. The minimum absolute atomic E-state index is 0.0379. The van der Waals surface area contributed by atoms with Crippen LogP contribution in [0, 0.1) is 0 Å². The molecule has 3 heterocycles. The first kappa shape index (κ1) is 18.3. The Balaban J connectivity index is 1.67. The topological polar surface area (TPSA) is 97.6 Å². The molecular formula is C19H24N6O3. The van der Waals surface area contributed by atoms with Crippen LogP contribution in [0.25, 0.3) is 11.2 Å². The van der Waals surface area contributed by atoms with Gasteiger partial charge in [0, 0.05) is 27.2 Å². The molecule has 2 aromatic heterocycles. The van der Waals surface area contributed by atoms with Crippen molar-refractivity contribution in [2.24, 2.45) is 0 Å². The van der Waals surface area contributed by atoms with Crippen molar-refractivity contribution in [1.29, 1.82) is 0 Å². The summed E-state index contributed by atoms with van der Waals surface area (Å²) in [5, 5.41) is 13.1. The molecule has 28 heavy (non-hydrogen) atoms. The van der Waals surface area contributed by atoms with Crippen LogP contribution in [0.4, 0.5) is 11.8 Å². The van der Waals surface area contributed by atoms with E-state index in [2.05, 4.69) is 20.3 Å². The van der Waals surface area contributed by atoms with Gasteiger partial charge in [0.2, 0.25) is 5.95 Å². The number of fused-ring (bicyclic) bond motifs is 1. The quantitative estimate of drug-likeness (QED) is 0.669. The Hall–Kier alpha value is -3.07. The van der Waals surface area contributed by atoms with Gasteiger partial charge in [0.05, 0.1) is 13.4 Å². The summed E-state index contributed by atoms with van der Waals surface area (Å²) >= 11 is 0. The zero-order valence-electron chi connectivity index (χ0n) is 16.2. The van der Waals surface area contributed by atoms with Crippen molar-refractivity contribution in [3.63, 3.8) is 0 Å². The highest BCUT2D eigenvalue weighted by molar-refractivity contribution is 5.84. The van der Waals surface area contributed by atoms with Gasteiger partial charge in [0.25, 0.3) is 0 Å². The van der Waals surface area contributed by atoms with Crippen molar-refractivity contribution >= 4 is 22.9 Å². The Morgan fingerprint density at radius 1 is 1.36 bits per heavy atom. The van der Waals surface area contributed by atoms with Gasteiger partial charge >= 0.3 is 0 Å². The van der Waals surface area contributed by atoms with Gasteiger partial charge in [-0.25, -0.2) is 4.98 Å².